The smallest absolute Gasteiger partial charge is 0.261 e. The number of nitrogens with zero attached hydrogens (tertiary/aromatic N) is 1. The van der Waals surface area contributed by atoms with Crippen LogP contribution in [0.15, 0.2) is 46.2 Å². The number of ether oxygens (including phenoxy) is 1. The molecule has 0 spiro atoms. The van der Waals surface area contributed by atoms with E-state index in [0.717, 1.165) is 19.3 Å². The molecule has 11 heteroatoms. The minimum Gasteiger partial charge on any atom is -0.492 e. The van der Waals surface area contributed by atoms with Gasteiger partial charge in [-0.05, 0) is 56.2 Å². The van der Waals surface area contributed by atoms with Crippen LogP contribution in [0.2, 0.25) is 10.0 Å². The molecule has 164 valence electrons. The zero-order valence-electron chi connectivity index (χ0n) is 16.3. The molecule has 0 aliphatic carbocycles. The zero-order chi connectivity index (χ0) is 21.9. The van der Waals surface area contributed by atoms with E-state index in [1.807, 2.05) is 0 Å². The average Bonchev–Trinajstić information content (AvgIpc) is 2.69. The Morgan fingerprint density at radius 2 is 1.60 bits per heavy atom. The summed E-state index contributed by atoms with van der Waals surface area (Å²) in [4.78, 5) is -0.204. The van der Waals surface area contributed by atoms with Crippen LogP contribution in [0.5, 0.6) is 5.75 Å². The van der Waals surface area contributed by atoms with Crippen LogP contribution in [0, 0.1) is 0 Å². The maximum absolute atomic E-state index is 13.2. The molecule has 1 N–H and O–H groups in total. The monoisotopic (exact) mass is 492 g/mol. The average molecular weight is 493 g/mol. The number of nitrogens with one attached hydrogen (secondary N) is 1. The molecular formula is C19H22Cl2N2O5S2. The lowest BCUT2D eigenvalue weighted by Gasteiger charge is -2.27. The highest BCUT2D eigenvalue weighted by atomic mass is 35.5. The molecule has 1 saturated heterocycles. The number of sulfonamides is 2. The Hall–Kier alpha value is -1.52. The number of hydrogen-bond acceptors (Lipinski definition) is 5. The molecule has 0 unspecified atom stereocenters. The summed E-state index contributed by atoms with van der Waals surface area (Å²) in [6.07, 6.45) is 2.54. The van der Waals surface area contributed by atoms with E-state index in [2.05, 4.69) is 4.72 Å². The number of halogens is 2. The summed E-state index contributed by atoms with van der Waals surface area (Å²) >= 11 is 11.8. The van der Waals surface area contributed by atoms with Gasteiger partial charge in [-0.3, -0.25) is 4.72 Å². The topological polar surface area (TPSA) is 92.8 Å². The maximum atomic E-state index is 13.2. The molecule has 7 nitrogen and oxygen atoms in total. The summed E-state index contributed by atoms with van der Waals surface area (Å²) in [6, 6.07) is 8.11. The van der Waals surface area contributed by atoms with Crippen LogP contribution in [0.4, 0.5) is 5.69 Å². The van der Waals surface area contributed by atoms with Gasteiger partial charge in [0.05, 0.1) is 17.2 Å². The summed E-state index contributed by atoms with van der Waals surface area (Å²) in [5.41, 5.74) is 0.0881. The number of piperidine rings is 1. The predicted octanol–water partition coefficient (Wildman–Crippen LogP) is 4.37. The second kappa shape index (κ2) is 9.32. The lowest BCUT2D eigenvalue weighted by atomic mass is 10.2. The molecule has 0 amide bonds. The van der Waals surface area contributed by atoms with E-state index >= 15 is 0 Å². The fraction of sp³-hybridized carbons (Fsp3) is 0.368. The molecule has 1 fully saturated rings. The van der Waals surface area contributed by atoms with Gasteiger partial charge in [-0.2, -0.15) is 4.31 Å². The molecule has 30 heavy (non-hydrogen) atoms. The highest BCUT2D eigenvalue weighted by Gasteiger charge is 2.30. The fourth-order valence-electron chi connectivity index (χ4n) is 3.19. The number of hydrogen-bond donors (Lipinski definition) is 1. The van der Waals surface area contributed by atoms with Crippen molar-refractivity contribution in [2.24, 2.45) is 0 Å². The highest BCUT2D eigenvalue weighted by molar-refractivity contribution is 7.92. The van der Waals surface area contributed by atoms with Crippen LogP contribution < -0.4 is 9.46 Å². The van der Waals surface area contributed by atoms with E-state index in [1.54, 1.807) is 6.92 Å². The first-order chi connectivity index (χ1) is 14.1. The van der Waals surface area contributed by atoms with Gasteiger partial charge >= 0.3 is 0 Å². The van der Waals surface area contributed by atoms with Crippen LogP contribution in [0.3, 0.4) is 0 Å². The summed E-state index contributed by atoms with van der Waals surface area (Å²) in [7, 11) is -7.88. The van der Waals surface area contributed by atoms with Crippen molar-refractivity contribution in [2.45, 2.75) is 36.0 Å². The van der Waals surface area contributed by atoms with Crippen molar-refractivity contribution in [1.29, 1.82) is 0 Å². The van der Waals surface area contributed by atoms with E-state index in [-0.39, 0.29) is 37.9 Å². The van der Waals surface area contributed by atoms with Crippen molar-refractivity contribution in [1.82, 2.24) is 4.31 Å². The van der Waals surface area contributed by atoms with Crippen molar-refractivity contribution in [2.75, 3.05) is 24.4 Å². The molecule has 1 heterocycles. The molecule has 1 aliphatic rings. The van der Waals surface area contributed by atoms with Gasteiger partial charge in [0, 0.05) is 23.1 Å². The van der Waals surface area contributed by atoms with Gasteiger partial charge in [0.25, 0.3) is 10.0 Å². The molecule has 0 bridgehead atoms. The summed E-state index contributed by atoms with van der Waals surface area (Å²) < 4.78 is 61.2. The fourth-order valence-corrected chi connectivity index (χ4v) is 6.64. The zero-order valence-corrected chi connectivity index (χ0v) is 19.4. The minimum absolute atomic E-state index is 0.0735. The third-order valence-corrected chi connectivity index (χ3v) is 8.29. The molecular weight excluding hydrogens is 471 g/mol. The van der Waals surface area contributed by atoms with Crippen molar-refractivity contribution < 1.29 is 21.6 Å². The van der Waals surface area contributed by atoms with Crippen molar-refractivity contribution in [3.8, 4) is 5.75 Å². The Bertz CT molecular complexity index is 1110. The van der Waals surface area contributed by atoms with Gasteiger partial charge in [0.2, 0.25) is 10.0 Å². The van der Waals surface area contributed by atoms with Gasteiger partial charge in [-0.25, -0.2) is 16.8 Å². The first-order valence-corrected chi connectivity index (χ1v) is 13.1. The number of benzene rings is 2. The van der Waals surface area contributed by atoms with E-state index < -0.39 is 20.0 Å². The first kappa shape index (κ1) is 23.1. The number of rotatable bonds is 7. The Morgan fingerprint density at radius 3 is 2.20 bits per heavy atom. The summed E-state index contributed by atoms with van der Waals surface area (Å²) in [6.45, 7) is 2.86. The SMILES string of the molecule is CCOc1ccc(NS(=O)(=O)c2cc(Cl)cc(Cl)c2)cc1S(=O)(=O)N1CCCCC1. The van der Waals surface area contributed by atoms with Gasteiger partial charge in [-0.15, -0.1) is 0 Å². The normalized spacial score (nSPS) is 15.7. The molecule has 0 radical (unpaired) electrons. The Morgan fingerprint density at radius 1 is 0.967 bits per heavy atom. The molecule has 2 aromatic rings. The lowest BCUT2D eigenvalue weighted by molar-refractivity contribution is 0.323. The third kappa shape index (κ3) is 5.20. The van der Waals surface area contributed by atoms with Crippen LogP contribution in [0.1, 0.15) is 26.2 Å². The summed E-state index contributed by atoms with van der Waals surface area (Å²) in [5.74, 6) is 0.178. The molecule has 1 aliphatic heterocycles. The third-order valence-electron chi connectivity index (χ3n) is 4.57. The van der Waals surface area contributed by atoms with E-state index in [4.69, 9.17) is 27.9 Å². The largest absolute Gasteiger partial charge is 0.492 e. The van der Waals surface area contributed by atoms with Crippen molar-refractivity contribution in [3.05, 3.63) is 46.4 Å². The van der Waals surface area contributed by atoms with E-state index in [9.17, 15) is 16.8 Å². The van der Waals surface area contributed by atoms with Gasteiger partial charge in [0.1, 0.15) is 10.6 Å². The first-order valence-electron chi connectivity index (χ1n) is 9.39. The molecule has 0 aromatic heterocycles. The quantitative estimate of drug-likeness (QED) is 0.619. The maximum Gasteiger partial charge on any atom is 0.261 e. The highest BCUT2D eigenvalue weighted by Crippen LogP contribution is 2.32. The standard InChI is InChI=1S/C19H22Cl2N2O5S2/c1-2-28-18-7-6-16(13-19(18)30(26,27)23-8-4-3-5-9-23)22-29(24,25)17-11-14(20)10-15(21)12-17/h6-7,10-13,22H,2-5,8-9H2,1H3. The van der Waals surface area contributed by atoms with Crippen LogP contribution in [-0.2, 0) is 20.0 Å². The molecule has 0 atom stereocenters. The predicted molar refractivity (Wildman–Crippen MR) is 117 cm³/mol. The van der Waals surface area contributed by atoms with Crippen LogP contribution >= 0.6 is 23.2 Å². The Labute approximate surface area is 187 Å². The second-order valence-electron chi connectivity index (χ2n) is 6.77. The van der Waals surface area contributed by atoms with Gasteiger partial charge in [-0.1, -0.05) is 29.6 Å². The van der Waals surface area contributed by atoms with Crippen molar-refractivity contribution in [3.63, 3.8) is 0 Å². The van der Waals surface area contributed by atoms with Gasteiger partial charge in [0.15, 0.2) is 0 Å². The van der Waals surface area contributed by atoms with E-state index in [0.29, 0.717) is 13.1 Å². The van der Waals surface area contributed by atoms with E-state index in [1.165, 1.54) is 40.7 Å². The Kier molecular flexibility index (Phi) is 7.19. The minimum atomic E-state index is -4.04. The molecule has 0 saturated carbocycles. The van der Waals surface area contributed by atoms with Crippen molar-refractivity contribution >= 4 is 48.9 Å². The Balaban J connectivity index is 1.99. The lowest BCUT2D eigenvalue weighted by Crippen LogP contribution is -2.35. The molecule has 2 aromatic carbocycles. The number of anilines is 1. The van der Waals surface area contributed by atoms with Crippen LogP contribution in [-0.4, -0.2) is 40.8 Å². The van der Waals surface area contributed by atoms with Gasteiger partial charge < -0.3 is 4.74 Å². The summed E-state index contributed by atoms with van der Waals surface area (Å²) in [5, 5.41) is 0.339. The second-order valence-corrected chi connectivity index (χ2v) is 11.2. The molecule has 3 rings (SSSR count). The van der Waals surface area contributed by atoms with Crippen LogP contribution in [0.25, 0.3) is 0 Å².